The van der Waals surface area contributed by atoms with Crippen LogP contribution in [0.15, 0.2) is 39.1 Å². The van der Waals surface area contributed by atoms with Crippen LogP contribution < -0.4 is 10.9 Å². The van der Waals surface area contributed by atoms with Gasteiger partial charge in [0.05, 0.1) is 11.1 Å². The summed E-state index contributed by atoms with van der Waals surface area (Å²) in [4.78, 5) is 33.0. The average Bonchev–Trinajstić information content (AvgIpc) is 3.24. The molecule has 0 radical (unpaired) electrons. The lowest BCUT2D eigenvalue weighted by molar-refractivity contribution is -0.113. The number of nitrogens with one attached hydrogen (secondary N) is 1. The molecular weight excluding hydrogens is 398 g/mol. The fraction of sp³-hybridized carbons (Fsp3) is 0.316. The van der Waals surface area contributed by atoms with Gasteiger partial charge in [0.15, 0.2) is 5.16 Å². The van der Waals surface area contributed by atoms with E-state index in [1.807, 2.05) is 30.5 Å². The van der Waals surface area contributed by atoms with Crippen LogP contribution in [0.5, 0.6) is 0 Å². The van der Waals surface area contributed by atoms with Crippen LogP contribution in [0.25, 0.3) is 10.2 Å². The van der Waals surface area contributed by atoms with Gasteiger partial charge in [-0.05, 0) is 49.3 Å². The number of fused-ring (bicyclic) bond motifs is 3. The Morgan fingerprint density at radius 3 is 3.04 bits per heavy atom. The Kier molecular flexibility index (Phi) is 5.29. The van der Waals surface area contributed by atoms with Crippen molar-refractivity contribution in [2.24, 2.45) is 7.05 Å². The maximum Gasteiger partial charge on any atom is 0.262 e. The summed E-state index contributed by atoms with van der Waals surface area (Å²) in [6.07, 6.45) is 5.13. The maximum absolute atomic E-state index is 12.8. The highest BCUT2D eigenvalue weighted by molar-refractivity contribution is 7.99. The van der Waals surface area contributed by atoms with E-state index < -0.39 is 0 Å². The zero-order valence-electron chi connectivity index (χ0n) is 15.1. The molecule has 2 heterocycles. The van der Waals surface area contributed by atoms with Crippen molar-refractivity contribution in [2.45, 2.75) is 29.3 Å². The summed E-state index contributed by atoms with van der Waals surface area (Å²) in [5.74, 6) is 0.0988. The van der Waals surface area contributed by atoms with Crippen molar-refractivity contribution < 1.29 is 4.79 Å². The largest absolute Gasteiger partial charge is 0.325 e. The number of aromatic nitrogens is 2. The summed E-state index contributed by atoms with van der Waals surface area (Å²) in [6, 6.07) is 7.74. The molecule has 0 bridgehead atoms. The van der Waals surface area contributed by atoms with Crippen LogP contribution >= 0.6 is 34.9 Å². The van der Waals surface area contributed by atoms with Gasteiger partial charge in [-0.3, -0.25) is 14.2 Å². The first-order valence-corrected chi connectivity index (χ1v) is 11.7. The first-order valence-electron chi connectivity index (χ1n) is 8.65. The van der Waals surface area contributed by atoms with Crippen LogP contribution in [0.3, 0.4) is 0 Å². The normalized spacial score (nSPS) is 13.1. The Labute approximate surface area is 169 Å². The SMILES string of the molecule is CSc1cccc(NC(=O)CSc2nc3sc4c(c3c(=O)n2C)CCC4)c1. The van der Waals surface area contributed by atoms with E-state index in [1.54, 1.807) is 34.7 Å². The fourth-order valence-electron chi connectivity index (χ4n) is 3.26. The van der Waals surface area contributed by atoms with E-state index in [4.69, 9.17) is 0 Å². The number of thioether (sulfide) groups is 2. The zero-order chi connectivity index (χ0) is 19.0. The molecule has 1 aliphatic rings. The van der Waals surface area contributed by atoms with Crippen LogP contribution in [0.1, 0.15) is 16.9 Å². The van der Waals surface area contributed by atoms with E-state index in [9.17, 15) is 9.59 Å². The van der Waals surface area contributed by atoms with Crippen molar-refractivity contribution in [1.82, 2.24) is 9.55 Å². The summed E-state index contributed by atoms with van der Waals surface area (Å²) in [5.41, 5.74) is 1.96. The second kappa shape index (κ2) is 7.69. The van der Waals surface area contributed by atoms with E-state index in [0.29, 0.717) is 5.16 Å². The third-order valence-corrected chi connectivity index (χ3v) is 7.53. The van der Waals surface area contributed by atoms with Gasteiger partial charge in [0, 0.05) is 22.5 Å². The molecule has 1 aliphatic carbocycles. The smallest absolute Gasteiger partial charge is 0.262 e. The van der Waals surface area contributed by atoms with Crippen molar-refractivity contribution >= 4 is 56.7 Å². The number of aryl methyl sites for hydroxylation is 2. The monoisotopic (exact) mass is 417 g/mol. The van der Waals surface area contributed by atoms with Gasteiger partial charge in [0.1, 0.15) is 4.83 Å². The lowest BCUT2D eigenvalue weighted by atomic mass is 10.2. The van der Waals surface area contributed by atoms with E-state index in [0.717, 1.165) is 40.1 Å². The molecule has 8 heteroatoms. The Balaban J connectivity index is 1.51. The highest BCUT2D eigenvalue weighted by atomic mass is 32.2. The first kappa shape index (κ1) is 18.6. The minimum absolute atomic E-state index is 0.00465. The van der Waals surface area contributed by atoms with Gasteiger partial charge in [0.2, 0.25) is 5.91 Å². The summed E-state index contributed by atoms with van der Waals surface area (Å²) in [6.45, 7) is 0. The molecule has 5 nitrogen and oxygen atoms in total. The molecule has 0 aliphatic heterocycles. The van der Waals surface area contributed by atoms with E-state index in [1.165, 1.54) is 22.2 Å². The van der Waals surface area contributed by atoms with Crippen LogP contribution in [-0.4, -0.2) is 27.5 Å². The van der Waals surface area contributed by atoms with Gasteiger partial charge in [-0.25, -0.2) is 4.98 Å². The standard InChI is InChI=1S/C19H19N3O2S3/c1-22-18(24)16-13-7-4-8-14(13)27-17(16)21-19(22)26-10-15(23)20-11-5-3-6-12(9-11)25-2/h3,5-6,9H,4,7-8,10H2,1-2H3,(H,20,23). The average molecular weight is 418 g/mol. The number of thiophene rings is 1. The summed E-state index contributed by atoms with van der Waals surface area (Å²) >= 11 is 4.55. The Morgan fingerprint density at radius 2 is 2.22 bits per heavy atom. The second-order valence-electron chi connectivity index (χ2n) is 6.36. The number of hydrogen-bond donors (Lipinski definition) is 1. The van der Waals surface area contributed by atoms with Gasteiger partial charge in [-0.1, -0.05) is 17.8 Å². The third kappa shape index (κ3) is 3.66. The van der Waals surface area contributed by atoms with Gasteiger partial charge < -0.3 is 5.32 Å². The molecule has 4 rings (SSSR count). The van der Waals surface area contributed by atoms with Crippen LogP contribution in [0.4, 0.5) is 5.69 Å². The van der Waals surface area contributed by atoms with Gasteiger partial charge in [-0.15, -0.1) is 23.1 Å². The second-order valence-corrected chi connectivity index (χ2v) is 9.27. The molecule has 1 N–H and O–H groups in total. The van der Waals surface area contributed by atoms with Crippen molar-refractivity contribution in [1.29, 1.82) is 0 Å². The molecular formula is C19H19N3O2S3. The number of rotatable bonds is 5. The molecule has 0 saturated carbocycles. The van der Waals surface area contributed by atoms with Crippen molar-refractivity contribution in [2.75, 3.05) is 17.3 Å². The Morgan fingerprint density at radius 1 is 1.37 bits per heavy atom. The van der Waals surface area contributed by atoms with E-state index in [2.05, 4.69) is 10.3 Å². The molecule has 2 aromatic heterocycles. The molecule has 0 atom stereocenters. The third-order valence-electron chi connectivity index (χ3n) is 4.59. The molecule has 140 valence electrons. The number of benzene rings is 1. The molecule has 0 spiro atoms. The lowest BCUT2D eigenvalue weighted by Gasteiger charge is -2.09. The quantitative estimate of drug-likeness (QED) is 0.503. The van der Waals surface area contributed by atoms with E-state index in [-0.39, 0.29) is 17.2 Å². The van der Waals surface area contributed by atoms with Crippen LogP contribution in [0.2, 0.25) is 0 Å². The van der Waals surface area contributed by atoms with Gasteiger partial charge in [-0.2, -0.15) is 0 Å². The highest BCUT2D eigenvalue weighted by Crippen LogP contribution is 2.35. The molecule has 0 saturated heterocycles. The number of nitrogens with zero attached hydrogens (tertiary/aromatic N) is 2. The van der Waals surface area contributed by atoms with Crippen molar-refractivity contribution in [3.05, 3.63) is 45.1 Å². The summed E-state index contributed by atoms with van der Waals surface area (Å²) in [5, 5.41) is 4.26. The first-order chi connectivity index (χ1) is 13.1. The number of hydrogen-bond acceptors (Lipinski definition) is 6. The number of anilines is 1. The minimum Gasteiger partial charge on any atom is -0.325 e. The molecule has 1 amide bonds. The summed E-state index contributed by atoms with van der Waals surface area (Å²) < 4.78 is 1.57. The van der Waals surface area contributed by atoms with E-state index >= 15 is 0 Å². The van der Waals surface area contributed by atoms with Gasteiger partial charge >= 0.3 is 0 Å². The summed E-state index contributed by atoms with van der Waals surface area (Å²) in [7, 11) is 1.73. The number of amides is 1. The topological polar surface area (TPSA) is 64.0 Å². The highest BCUT2D eigenvalue weighted by Gasteiger charge is 2.22. The Bertz CT molecular complexity index is 1090. The number of carbonyl (C=O) groups is 1. The minimum atomic E-state index is -0.110. The molecule has 3 aromatic rings. The predicted octanol–water partition coefficient (Wildman–Crippen LogP) is 3.94. The zero-order valence-corrected chi connectivity index (χ0v) is 17.5. The molecule has 0 unspecified atom stereocenters. The van der Waals surface area contributed by atoms with Crippen molar-refractivity contribution in [3.8, 4) is 0 Å². The molecule has 0 fully saturated rings. The maximum atomic E-state index is 12.8. The predicted molar refractivity (Wildman–Crippen MR) is 114 cm³/mol. The molecule has 27 heavy (non-hydrogen) atoms. The fourth-order valence-corrected chi connectivity index (χ4v) is 5.80. The van der Waals surface area contributed by atoms with Gasteiger partial charge in [0.25, 0.3) is 5.56 Å². The van der Waals surface area contributed by atoms with Crippen LogP contribution in [0, 0.1) is 0 Å². The lowest BCUT2D eigenvalue weighted by Crippen LogP contribution is -2.21. The Hall–Kier alpha value is -1.77. The number of carbonyl (C=O) groups excluding carboxylic acids is 1. The molecule has 1 aromatic carbocycles. The van der Waals surface area contributed by atoms with Crippen LogP contribution in [-0.2, 0) is 24.7 Å². The van der Waals surface area contributed by atoms with Crippen molar-refractivity contribution in [3.63, 3.8) is 0 Å².